The monoisotopic (exact) mass is 887 g/mol. The Kier molecular flexibility index (Phi) is 12.3. The second kappa shape index (κ2) is 17.8. The number of likely N-dealkylation sites (tertiary alicyclic amines) is 1. The molecule has 16 heteroatoms. The van der Waals surface area contributed by atoms with E-state index in [9.17, 15) is 9.59 Å². The zero-order chi connectivity index (χ0) is 44.9. The van der Waals surface area contributed by atoms with Crippen LogP contribution < -0.4 is 19.7 Å². The first-order valence-corrected chi connectivity index (χ1v) is 22.9. The Hall–Kier alpha value is -4.93. The van der Waals surface area contributed by atoms with Crippen LogP contribution in [0.25, 0.3) is 32.8 Å². The van der Waals surface area contributed by atoms with Crippen LogP contribution in [0.3, 0.4) is 0 Å². The van der Waals surface area contributed by atoms with Gasteiger partial charge in [0.05, 0.1) is 24.3 Å². The minimum Gasteiger partial charge on any atom is -0.468 e. The van der Waals surface area contributed by atoms with E-state index in [-0.39, 0.29) is 76.7 Å². The first-order chi connectivity index (χ1) is 30.7. The second-order valence-electron chi connectivity index (χ2n) is 19.4. The molecule has 1 aromatic heterocycles. The summed E-state index contributed by atoms with van der Waals surface area (Å²) in [5, 5.41) is 4.41. The number of carbonyl (C=O) groups is 2. The Morgan fingerprint density at radius 1 is 0.906 bits per heavy atom. The summed E-state index contributed by atoms with van der Waals surface area (Å²) < 4.78 is 73.2. The van der Waals surface area contributed by atoms with Gasteiger partial charge in [0.1, 0.15) is 34.3 Å². The number of hydrogen-bond acceptors (Lipinski definition) is 11. The molecule has 13 nitrogen and oxygen atoms in total. The number of halogens is 3. The minimum atomic E-state index is -0.935. The highest BCUT2D eigenvalue weighted by Gasteiger charge is 2.47. The summed E-state index contributed by atoms with van der Waals surface area (Å²) in [7, 11) is 1.47. The van der Waals surface area contributed by atoms with Crippen molar-refractivity contribution in [3.63, 3.8) is 0 Å². The quantitative estimate of drug-likeness (QED) is 0.144. The number of hydrogen-bond donors (Lipinski definition) is 1. The molecule has 1 saturated carbocycles. The molecule has 5 fully saturated rings. The maximum Gasteiger partial charge on any atom is 0.410 e. The van der Waals surface area contributed by atoms with E-state index in [0.717, 1.165) is 84.3 Å². The van der Waals surface area contributed by atoms with E-state index in [2.05, 4.69) is 15.2 Å². The van der Waals surface area contributed by atoms with E-state index in [1.54, 1.807) is 24.0 Å². The van der Waals surface area contributed by atoms with Crippen molar-refractivity contribution >= 4 is 39.5 Å². The van der Waals surface area contributed by atoms with Crippen molar-refractivity contribution in [3.05, 3.63) is 53.3 Å². The highest BCUT2D eigenvalue weighted by atomic mass is 19.1. The molecule has 1 N–H and O–H groups in total. The van der Waals surface area contributed by atoms with Gasteiger partial charge >= 0.3 is 12.1 Å². The number of ether oxygens (including phenoxy) is 4. The average molecular weight is 888 g/mol. The normalized spacial score (nSPS) is 21.5. The van der Waals surface area contributed by atoms with Crippen LogP contribution in [0.4, 0.5) is 23.8 Å². The lowest BCUT2D eigenvalue weighted by molar-refractivity contribution is -0.137. The Morgan fingerprint density at radius 3 is 2.28 bits per heavy atom. The lowest BCUT2D eigenvalue weighted by Gasteiger charge is -2.42. The molecule has 9 rings (SSSR count). The van der Waals surface area contributed by atoms with E-state index in [0.29, 0.717) is 47.6 Å². The number of fused-ring (bicyclic) bond motifs is 4. The average Bonchev–Trinajstić information content (AvgIpc) is 3.99. The number of aryl methyl sites for hydroxylation is 1. The number of amides is 2. The third-order valence-electron chi connectivity index (χ3n) is 13.7. The SMILES string of the molecule is CCc1c(F)ccc2cc(OCOC)cc(-c3c(F)cc4c(N5CC6CCC(C5)N6C(=O)OC(C)(C)C)nc(OCC5(CN6CCC(C(=O)N7CCNCC7)CC6)CC5)nc4c3F)c12. The first kappa shape index (κ1) is 44.3. The molecule has 0 radical (unpaired) electrons. The summed E-state index contributed by atoms with van der Waals surface area (Å²) in [6.45, 7) is 13.9. The molecule has 5 heterocycles. The van der Waals surface area contributed by atoms with Gasteiger partial charge in [0.15, 0.2) is 12.6 Å². The number of carbonyl (C=O) groups excluding carboxylic acids is 2. The Balaban J connectivity index is 1.05. The van der Waals surface area contributed by atoms with Crippen LogP contribution in [0.5, 0.6) is 11.8 Å². The molecule has 344 valence electrons. The standard InChI is InChI=1S/C48H60F3N7O6/c1-6-34-37(49)10-7-30-21-33(63-28-61-5)22-35(39(30)34)40-38(50)23-36-42(41(40)51)53-45(54-43(36)57-24-31-8-9-32(25-57)58(31)46(60)64-47(2,3)4)62-27-48(13-14-48)26-55-17-11-29(12-18-55)44(59)56-19-15-52-16-20-56/h7,10,21-23,29,31-32,52H,6,8-9,11-20,24-28H2,1-5H3. The van der Waals surface area contributed by atoms with Crippen molar-refractivity contribution in [2.24, 2.45) is 11.3 Å². The number of nitrogens with one attached hydrogen (secondary N) is 1. The van der Waals surface area contributed by atoms with Gasteiger partial charge in [-0.3, -0.25) is 9.69 Å². The van der Waals surface area contributed by atoms with Gasteiger partial charge in [0, 0.05) is 69.6 Å². The van der Waals surface area contributed by atoms with Gasteiger partial charge in [-0.05, 0) is 125 Å². The van der Waals surface area contributed by atoms with Crippen LogP contribution in [0.2, 0.25) is 0 Å². The number of benzene rings is 3. The van der Waals surface area contributed by atoms with E-state index < -0.39 is 23.1 Å². The number of anilines is 1. The van der Waals surface area contributed by atoms with Crippen LogP contribution in [0.1, 0.15) is 71.8 Å². The Morgan fingerprint density at radius 2 is 1.62 bits per heavy atom. The molecule has 4 aliphatic heterocycles. The molecular weight excluding hydrogens is 828 g/mol. The Labute approximate surface area is 372 Å². The molecule has 0 spiro atoms. The Bertz CT molecular complexity index is 2400. The molecule has 2 atom stereocenters. The van der Waals surface area contributed by atoms with Gasteiger partial charge in [-0.25, -0.2) is 18.0 Å². The van der Waals surface area contributed by atoms with Crippen molar-refractivity contribution in [3.8, 4) is 22.9 Å². The lowest BCUT2D eigenvalue weighted by Crippen LogP contribution is -2.57. The first-order valence-electron chi connectivity index (χ1n) is 22.9. The van der Waals surface area contributed by atoms with Crippen LogP contribution in [0, 0.1) is 28.8 Å². The zero-order valence-corrected chi connectivity index (χ0v) is 37.6. The van der Waals surface area contributed by atoms with Crippen molar-refractivity contribution in [1.82, 2.24) is 30.0 Å². The smallest absolute Gasteiger partial charge is 0.410 e. The maximum atomic E-state index is 17.6. The number of rotatable bonds is 12. The number of nitrogens with zero attached hydrogens (tertiary/aromatic N) is 6. The fourth-order valence-corrected chi connectivity index (χ4v) is 10.3. The summed E-state index contributed by atoms with van der Waals surface area (Å²) in [6, 6.07) is 6.96. The fourth-order valence-electron chi connectivity index (χ4n) is 10.3. The van der Waals surface area contributed by atoms with Crippen LogP contribution in [-0.2, 0) is 20.7 Å². The highest BCUT2D eigenvalue weighted by Crippen LogP contribution is 2.48. The van der Waals surface area contributed by atoms with Crippen LogP contribution >= 0.6 is 0 Å². The molecule has 2 bridgehead atoms. The lowest BCUT2D eigenvalue weighted by atomic mass is 9.91. The third-order valence-corrected chi connectivity index (χ3v) is 13.7. The third kappa shape index (κ3) is 8.89. The number of piperazine rings is 2. The zero-order valence-electron chi connectivity index (χ0n) is 37.6. The van der Waals surface area contributed by atoms with Crippen molar-refractivity contribution < 1.29 is 41.7 Å². The van der Waals surface area contributed by atoms with E-state index >= 15 is 13.2 Å². The fraction of sp³-hybridized carbons (Fsp3) is 0.583. The maximum absolute atomic E-state index is 17.6. The molecular formula is C48H60F3N7O6. The summed E-state index contributed by atoms with van der Waals surface area (Å²) in [5.41, 5.74) is -0.881. The van der Waals surface area contributed by atoms with Gasteiger partial charge in [0.25, 0.3) is 0 Å². The van der Waals surface area contributed by atoms with Gasteiger partial charge in [-0.1, -0.05) is 13.0 Å². The molecule has 5 aliphatic rings. The number of methoxy groups -OCH3 is 1. The number of piperidine rings is 1. The minimum absolute atomic E-state index is 0.0326. The van der Waals surface area contributed by atoms with Crippen LogP contribution in [-0.4, -0.2) is 134 Å². The van der Waals surface area contributed by atoms with E-state index in [1.165, 1.54) is 25.3 Å². The molecule has 2 unspecified atom stereocenters. The van der Waals surface area contributed by atoms with Crippen molar-refractivity contribution in [1.29, 1.82) is 0 Å². The summed E-state index contributed by atoms with van der Waals surface area (Å²) in [6.07, 6.45) is 4.91. The van der Waals surface area contributed by atoms with Gasteiger partial charge in [0.2, 0.25) is 5.91 Å². The molecule has 64 heavy (non-hydrogen) atoms. The van der Waals surface area contributed by atoms with E-state index in [1.807, 2.05) is 30.6 Å². The van der Waals surface area contributed by atoms with Crippen molar-refractivity contribution in [2.75, 3.05) is 84.3 Å². The largest absolute Gasteiger partial charge is 0.468 e. The molecule has 4 saturated heterocycles. The predicted octanol–water partition coefficient (Wildman–Crippen LogP) is 7.30. The molecule has 1 aliphatic carbocycles. The van der Waals surface area contributed by atoms with Gasteiger partial charge in [-0.2, -0.15) is 9.97 Å². The van der Waals surface area contributed by atoms with Gasteiger partial charge < -0.3 is 39.0 Å². The van der Waals surface area contributed by atoms with Crippen molar-refractivity contribution in [2.45, 2.75) is 90.3 Å². The summed E-state index contributed by atoms with van der Waals surface area (Å²) in [5.74, 6) is -1.36. The predicted molar refractivity (Wildman–Crippen MR) is 237 cm³/mol. The highest BCUT2D eigenvalue weighted by molar-refractivity contribution is 6.03. The number of aromatic nitrogens is 2. The molecule has 4 aromatic rings. The van der Waals surface area contributed by atoms with E-state index in [4.69, 9.17) is 23.9 Å². The topological polar surface area (TPSA) is 122 Å². The molecule has 2 amide bonds. The molecule has 3 aromatic carbocycles. The van der Waals surface area contributed by atoms with Gasteiger partial charge in [-0.15, -0.1) is 0 Å². The summed E-state index contributed by atoms with van der Waals surface area (Å²) in [4.78, 5) is 44.4. The summed E-state index contributed by atoms with van der Waals surface area (Å²) >= 11 is 0. The second-order valence-corrected chi connectivity index (χ2v) is 19.4. The van der Waals surface area contributed by atoms with Crippen LogP contribution in [0.15, 0.2) is 30.3 Å².